The average molecular weight is 243 g/mol. The van der Waals surface area contributed by atoms with Crippen molar-refractivity contribution in [2.45, 2.75) is 38.1 Å². The van der Waals surface area contributed by atoms with Crippen LogP contribution in [0.4, 0.5) is 0 Å². The van der Waals surface area contributed by atoms with E-state index in [1.807, 2.05) is 11.8 Å². The maximum Gasteiger partial charge on any atom is 0.319 e. The van der Waals surface area contributed by atoms with E-state index in [4.69, 9.17) is 5.11 Å². The molecule has 0 aromatic carbocycles. The molecule has 2 aliphatic rings. The minimum atomic E-state index is -1.11. The van der Waals surface area contributed by atoms with Crippen molar-refractivity contribution >= 4 is 23.6 Å². The zero-order valence-electron chi connectivity index (χ0n) is 9.20. The molecule has 1 saturated heterocycles. The zero-order valence-corrected chi connectivity index (χ0v) is 10.0. The summed E-state index contributed by atoms with van der Waals surface area (Å²) in [6.45, 7) is 0. The van der Waals surface area contributed by atoms with Crippen LogP contribution in [-0.4, -0.2) is 34.5 Å². The first-order valence-electron chi connectivity index (χ1n) is 5.77. The molecular formula is C11H17NO3S. The van der Waals surface area contributed by atoms with Gasteiger partial charge in [-0.15, -0.1) is 0 Å². The topological polar surface area (TPSA) is 66.4 Å². The van der Waals surface area contributed by atoms with Gasteiger partial charge < -0.3 is 10.4 Å². The normalized spacial score (nSPS) is 27.9. The lowest BCUT2D eigenvalue weighted by Gasteiger charge is -2.37. The van der Waals surface area contributed by atoms with Crippen LogP contribution >= 0.6 is 11.8 Å². The fourth-order valence-corrected chi connectivity index (χ4v) is 3.32. The smallest absolute Gasteiger partial charge is 0.319 e. The highest BCUT2D eigenvalue weighted by Crippen LogP contribution is 2.41. The number of thioether (sulfide) groups is 1. The monoisotopic (exact) mass is 243 g/mol. The molecule has 1 unspecified atom stereocenters. The molecule has 90 valence electrons. The van der Waals surface area contributed by atoms with Crippen molar-refractivity contribution in [2.24, 2.45) is 5.41 Å². The molecule has 0 radical (unpaired) electrons. The fraction of sp³-hybridized carbons (Fsp3) is 0.818. The van der Waals surface area contributed by atoms with Crippen LogP contribution in [0, 0.1) is 5.41 Å². The molecule has 1 saturated carbocycles. The third-order valence-electron chi connectivity index (χ3n) is 3.55. The molecule has 4 nitrogen and oxygen atoms in total. The number of hydrogen-bond donors (Lipinski definition) is 2. The number of aliphatic carboxylic acids is 1. The highest BCUT2D eigenvalue weighted by Gasteiger charge is 2.51. The van der Waals surface area contributed by atoms with Crippen molar-refractivity contribution in [1.82, 2.24) is 5.32 Å². The van der Waals surface area contributed by atoms with Gasteiger partial charge in [-0.05, 0) is 31.4 Å². The third-order valence-corrected chi connectivity index (χ3v) is 4.76. The summed E-state index contributed by atoms with van der Waals surface area (Å²) in [5.41, 5.74) is -1.11. The van der Waals surface area contributed by atoms with Crippen molar-refractivity contribution in [2.75, 3.05) is 11.5 Å². The second-order valence-electron chi connectivity index (χ2n) is 4.63. The van der Waals surface area contributed by atoms with Gasteiger partial charge in [-0.3, -0.25) is 9.59 Å². The van der Waals surface area contributed by atoms with Gasteiger partial charge in [0, 0.05) is 11.8 Å². The van der Waals surface area contributed by atoms with Crippen LogP contribution in [0.1, 0.15) is 32.1 Å². The third kappa shape index (κ3) is 2.05. The van der Waals surface area contributed by atoms with E-state index in [9.17, 15) is 9.59 Å². The Kier molecular flexibility index (Phi) is 3.42. The maximum atomic E-state index is 12.0. The number of hydrogen-bond acceptors (Lipinski definition) is 3. The predicted molar refractivity (Wildman–Crippen MR) is 62.4 cm³/mol. The molecule has 5 heteroatoms. The van der Waals surface area contributed by atoms with Gasteiger partial charge in [0.25, 0.3) is 0 Å². The number of carbonyl (C=O) groups excluding carboxylic acids is 1. The van der Waals surface area contributed by atoms with Crippen molar-refractivity contribution in [1.29, 1.82) is 0 Å². The van der Waals surface area contributed by atoms with Crippen LogP contribution in [-0.2, 0) is 9.59 Å². The molecule has 1 heterocycles. The number of carboxylic acid groups (broad SMARTS) is 1. The van der Waals surface area contributed by atoms with E-state index >= 15 is 0 Å². The molecule has 1 atom stereocenters. The minimum Gasteiger partial charge on any atom is -0.480 e. The molecule has 1 aliphatic heterocycles. The summed E-state index contributed by atoms with van der Waals surface area (Å²) < 4.78 is 0. The summed E-state index contributed by atoms with van der Waals surface area (Å²) in [4.78, 5) is 23.1. The average Bonchev–Trinajstić information content (AvgIpc) is 2.16. The molecule has 2 fully saturated rings. The standard InChI is InChI=1S/C11H17NO3S/c13-9(11(10(14)15)4-2-5-11)12-8-3-1-6-16-7-8/h8H,1-7H2,(H,12,13)(H,14,15). The van der Waals surface area contributed by atoms with Gasteiger partial charge >= 0.3 is 5.97 Å². The summed E-state index contributed by atoms with van der Waals surface area (Å²) in [6.07, 6.45) is 3.92. The van der Waals surface area contributed by atoms with Gasteiger partial charge in [0.1, 0.15) is 5.41 Å². The van der Waals surface area contributed by atoms with E-state index in [2.05, 4.69) is 5.32 Å². The van der Waals surface area contributed by atoms with E-state index in [1.54, 1.807) is 0 Å². The van der Waals surface area contributed by atoms with Gasteiger partial charge in [0.05, 0.1) is 0 Å². The molecule has 16 heavy (non-hydrogen) atoms. The summed E-state index contributed by atoms with van der Waals surface area (Å²) in [5, 5.41) is 12.0. The molecule has 0 spiro atoms. The van der Waals surface area contributed by atoms with Gasteiger partial charge in [0.15, 0.2) is 0 Å². The van der Waals surface area contributed by atoms with E-state index < -0.39 is 11.4 Å². The first kappa shape index (κ1) is 11.8. The Hall–Kier alpha value is -0.710. The molecule has 0 aromatic heterocycles. The largest absolute Gasteiger partial charge is 0.480 e. The number of carboxylic acids is 1. The van der Waals surface area contributed by atoms with Crippen LogP contribution in [0.2, 0.25) is 0 Å². The maximum absolute atomic E-state index is 12.0. The van der Waals surface area contributed by atoms with Crippen molar-refractivity contribution in [3.05, 3.63) is 0 Å². The minimum absolute atomic E-state index is 0.170. The van der Waals surface area contributed by atoms with E-state index in [1.165, 1.54) is 0 Å². The SMILES string of the molecule is O=C(O)C1(C(=O)NC2CCCSC2)CCC1. The Bertz CT molecular complexity index is 296. The van der Waals surface area contributed by atoms with Crippen LogP contribution in [0.5, 0.6) is 0 Å². The summed E-state index contributed by atoms with van der Waals surface area (Å²) in [6, 6.07) is 0.170. The number of nitrogens with one attached hydrogen (secondary N) is 1. The Balaban J connectivity index is 1.93. The summed E-state index contributed by atoms with van der Waals surface area (Å²) in [7, 11) is 0. The van der Waals surface area contributed by atoms with Gasteiger partial charge in [-0.25, -0.2) is 0 Å². The fourth-order valence-electron chi connectivity index (χ4n) is 2.25. The van der Waals surface area contributed by atoms with Gasteiger partial charge in [-0.2, -0.15) is 11.8 Å². The molecule has 0 aromatic rings. The highest BCUT2D eigenvalue weighted by molar-refractivity contribution is 7.99. The van der Waals surface area contributed by atoms with E-state index in [-0.39, 0.29) is 11.9 Å². The molecule has 2 rings (SSSR count). The molecule has 1 amide bonds. The number of carbonyl (C=O) groups is 2. The highest BCUT2D eigenvalue weighted by atomic mass is 32.2. The first-order chi connectivity index (χ1) is 7.65. The Morgan fingerprint density at radius 1 is 1.31 bits per heavy atom. The predicted octanol–water partition coefficient (Wildman–Crippen LogP) is 1.25. The second kappa shape index (κ2) is 4.65. The van der Waals surface area contributed by atoms with E-state index in [0.717, 1.165) is 30.8 Å². The Labute approximate surface area is 99.2 Å². The van der Waals surface area contributed by atoms with E-state index in [0.29, 0.717) is 12.8 Å². The van der Waals surface area contributed by atoms with Crippen molar-refractivity contribution in [3.8, 4) is 0 Å². The lowest BCUT2D eigenvalue weighted by Crippen LogP contribution is -2.54. The van der Waals surface area contributed by atoms with Gasteiger partial charge in [-0.1, -0.05) is 6.42 Å². The second-order valence-corrected chi connectivity index (χ2v) is 5.78. The number of amides is 1. The van der Waals surface area contributed by atoms with Crippen LogP contribution < -0.4 is 5.32 Å². The van der Waals surface area contributed by atoms with Crippen molar-refractivity contribution in [3.63, 3.8) is 0 Å². The Morgan fingerprint density at radius 2 is 2.06 bits per heavy atom. The molecule has 1 aliphatic carbocycles. The summed E-state index contributed by atoms with van der Waals surface area (Å²) >= 11 is 1.83. The van der Waals surface area contributed by atoms with Crippen LogP contribution in [0.15, 0.2) is 0 Å². The lowest BCUT2D eigenvalue weighted by molar-refractivity contribution is -0.162. The van der Waals surface area contributed by atoms with Crippen LogP contribution in [0.25, 0.3) is 0 Å². The molecule has 0 bridgehead atoms. The summed E-state index contributed by atoms with van der Waals surface area (Å²) in [5.74, 6) is 0.844. The quantitative estimate of drug-likeness (QED) is 0.732. The van der Waals surface area contributed by atoms with Crippen LogP contribution in [0.3, 0.4) is 0 Å². The van der Waals surface area contributed by atoms with Crippen molar-refractivity contribution < 1.29 is 14.7 Å². The zero-order chi connectivity index (χ0) is 11.6. The molecular weight excluding hydrogens is 226 g/mol. The first-order valence-corrected chi connectivity index (χ1v) is 6.93. The Morgan fingerprint density at radius 3 is 2.50 bits per heavy atom. The molecule has 2 N–H and O–H groups in total. The number of rotatable bonds is 3. The lowest BCUT2D eigenvalue weighted by atomic mass is 9.68. The van der Waals surface area contributed by atoms with Gasteiger partial charge in [0.2, 0.25) is 5.91 Å².